The monoisotopic (exact) mass is 285 g/mol. The molecule has 0 aromatic carbocycles. The van der Waals surface area contributed by atoms with Gasteiger partial charge in [-0.25, -0.2) is 4.79 Å². The molecule has 1 aromatic rings. The lowest BCUT2D eigenvalue weighted by Gasteiger charge is -2.11. The highest BCUT2D eigenvalue weighted by Crippen LogP contribution is 2.19. The van der Waals surface area contributed by atoms with Crippen LogP contribution >= 0.6 is 11.5 Å². The van der Waals surface area contributed by atoms with Gasteiger partial charge < -0.3 is 15.2 Å². The summed E-state index contributed by atoms with van der Waals surface area (Å²) in [5, 5.41) is 15.4. The molecule has 0 spiro atoms. The highest BCUT2D eigenvalue weighted by atomic mass is 32.1. The molecule has 2 unspecified atom stereocenters. The number of aryl methyl sites for hydroxylation is 1. The molecule has 1 aliphatic heterocycles. The number of hydrogen-bond donors (Lipinski definition) is 2. The van der Waals surface area contributed by atoms with Gasteiger partial charge in [-0.15, -0.1) is 5.10 Å². The Hall–Kier alpha value is -1.54. The van der Waals surface area contributed by atoms with E-state index in [0.717, 1.165) is 11.5 Å². The minimum absolute atomic E-state index is 0.228. The molecule has 0 radical (unpaired) electrons. The number of nitrogens with one attached hydrogen (secondary N) is 1. The summed E-state index contributed by atoms with van der Waals surface area (Å²) in [6.45, 7) is 2.22. The summed E-state index contributed by atoms with van der Waals surface area (Å²) >= 11 is 1.06. The lowest BCUT2D eigenvalue weighted by molar-refractivity contribution is -0.149. The highest BCUT2D eigenvalue weighted by Gasteiger charge is 2.30. The standard InChI is InChI=1S/C11H15N3O4S/c1-2-7-9(19-14-13-7)10(15)12-5-6-3-4-8(18-6)11(16)17/h6,8H,2-5H2,1H3,(H,12,15)(H,16,17). The molecule has 0 aliphatic carbocycles. The average molecular weight is 285 g/mol. The first-order valence-corrected chi connectivity index (χ1v) is 6.86. The number of carboxylic acid groups (broad SMARTS) is 1. The predicted molar refractivity (Wildman–Crippen MR) is 67.2 cm³/mol. The van der Waals surface area contributed by atoms with Gasteiger partial charge in [0, 0.05) is 6.54 Å². The Bertz CT molecular complexity index is 476. The van der Waals surface area contributed by atoms with E-state index in [-0.39, 0.29) is 12.0 Å². The van der Waals surface area contributed by atoms with Crippen LogP contribution in [0, 0.1) is 0 Å². The van der Waals surface area contributed by atoms with Crippen LogP contribution in [-0.2, 0) is 16.0 Å². The van der Waals surface area contributed by atoms with E-state index in [9.17, 15) is 9.59 Å². The summed E-state index contributed by atoms with van der Waals surface area (Å²) in [6.07, 6.45) is 0.784. The first kappa shape index (κ1) is 13.9. The second-order valence-electron chi connectivity index (χ2n) is 4.27. The maximum Gasteiger partial charge on any atom is 0.332 e. The van der Waals surface area contributed by atoms with Crippen LogP contribution < -0.4 is 5.32 Å². The molecule has 1 aromatic heterocycles. The largest absolute Gasteiger partial charge is 0.479 e. The number of aromatic nitrogens is 2. The Kier molecular flexibility index (Phi) is 4.43. The van der Waals surface area contributed by atoms with Gasteiger partial charge in [0.1, 0.15) is 4.88 Å². The van der Waals surface area contributed by atoms with Crippen molar-refractivity contribution in [3.05, 3.63) is 10.6 Å². The summed E-state index contributed by atoms with van der Waals surface area (Å²) in [7, 11) is 0. The van der Waals surface area contributed by atoms with Crippen LogP contribution in [0.1, 0.15) is 35.1 Å². The van der Waals surface area contributed by atoms with Gasteiger partial charge in [-0.3, -0.25) is 4.79 Å². The second-order valence-corrected chi connectivity index (χ2v) is 5.03. The average Bonchev–Trinajstić information content (AvgIpc) is 3.04. The first-order chi connectivity index (χ1) is 9.11. The summed E-state index contributed by atoms with van der Waals surface area (Å²) in [5.41, 5.74) is 0.679. The van der Waals surface area contributed by atoms with E-state index in [2.05, 4.69) is 14.9 Å². The van der Waals surface area contributed by atoms with Gasteiger partial charge in [-0.2, -0.15) is 0 Å². The maximum atomic E-state index is 11.9. The molecule has 2 rings (SSSR count). The van der Waals surface area contributed by atoms with Gasteiger partial charge in [0.25, 0.3) is 5.91 Å². The summed E-state index contributed by atoms with van der Waals surface area (Å²) in [4.78, 5) is 23.1. The lowest BCUT2D eigenvalue weighted by atomic mass is 10.2. The Morgan fingerprint density at radius 1 is 1.53 bits per heavy atom. The van der Waals surface area contributed by atoms with Gasteiger partial charge in [0.2, 0.25) is 0 Å². The Morgan fingerprint density at radius 2 is 2.32 bits per heavy atom. The first-order valence-electron chi connectivity index (χ1n) is 6.09. The van der Waals surface area contributed by atoms with Crippen LogP contribution in [0.5, 0.6) is 0 Å². The molecule has 8 heteroatoms. The van der Waals surface area contributed by atoms with Crippen molar-refractivity contribution in [1.82, 2.24) is 14.9 Å². The second kappa shape index (κ2) is 6.07. The number of aliphatic carboxylic acids is 1. The quantitative estimate of drug-likeness (QED) is 0.815. The fourth-order valence-electron chi connectivity index (χ4n) is 1.94. The van der Waals surface area contributed by atoms with Crippen molar-refractivity contribution >= 4 is 23.4 Å². The fraction of sp³-hybridized carbons (Fsp3) is 0.636. The Morgan fingerprint density at radius 3 is 2.95 bits per heavy atom. The van der Waals surface area contributed by atoms with Crippen molar-refractivity contribution in [2.24, 2.45) is 0 Å². The maximum absolute atomic E-state index is 11.9. The molecule has 2 heterocycles. The zero-order valence-electron chi connectivity index (χ0n) is 10.5. The fourth-order valence-corrected chi connectivity index (χ4v) is 2.60. The Labute approximate surface area is 114 Å². The number of carbonyl (C=O) groups is 2. The number of rotatable bonds is 5. The molecular weight excluding hydrogens is 270 g/mol. The van der Waals surface area contributed by atoms with Gasteiger partial charge in [0.15, 0.2) is 6.10 Å². The molecule has 2 N–H and O–H groups in total. The van der Waals surface area contributed by atoms with Crippen LogP contribution in [0.3, 0.4) is 0 Å². The van der Waals surface area contributed by atoms with E-state index < -0.39 is 12.1 Å². The van der Waals surface area contributed by atoms with E-state index in [4.69, 9.17) is 9.84 Å². The molecule has 104 valence electrons. The van der Waals surface area contributed by atoms with Gasteiger partial charge >= 0.3 is 5.97 Å². The molecule has 2 atom stereocenters. The third-order valence-electron chi connectivity index (χ3n) is 2.97. The van der Waals surface area contributed by atoms with E-state index in [1.54, 1.807) is 0 Å². The molecular formula is C11H15N3O4S. The zero-order chi connectivity index (χ0) is 13.8. The third-order valence-corrected chi connectivity index (χ3v) is 3.74. The number of carboxylic acids is 1. The smallest absolute Gasteiger partial charge is 0.332 e. The zero-order valence-corrected chi connectivity index (χ0v) is 11.3. The van der Waals surface area contributed by atoms with E-state index in [1.165, 1.54) is 0 Å². The Balaban J connectivity index is 1.83. The normalized spacial score (nSPS) is 22.4. The van der Waals surface area contributed by atoms with Crippen molar-refractivity contribution in [2.45, 2.75) is 38.4 Å². The molecule has 1 amide bonds. The number of ether oxygens (including phenoxy) is 1. The molecule has 0 bridgehead atoms. The summed E-state index contributed by atoms with van der Waals surface area (Å²) in [6, 6.07) is 0. The summed E-state index contributed by atoms with van der Waals surface area (Å²) < 4.78 is 9.06. The van der Waals surface area contributed by atoms with Gasteiger partial charge in [-0.1, -0.05) is 11.4 Å². The number of hydrogen-bond acceptors (Lipinski definition) is 6. The topological polar surface area (TPSA) is 101 Å². The number of nitrogens with zero attached hydrogens (tertiary/aromatic N) is 2. The molecule has 1 aliphatic rings. The van der Waals surface area contributed by atoms with Crippen LogP contribution in [0.4, 0.5) is 0 Å². The van der Waals surface area contributed by atoms with E-state index in [1.807, 2.05) is 6.92 Å². The molecule has 1 fully saturated rings. The van der Waals surface area contributed by atoms with Crippen molar-refractivity contribution in [3.8, 4) is 0 Å². The van der Waals surface area contributed by atoms with Crippen molar-refractivity contribution in [1.29, 1.82) is 0 Å². The SMILES string of the molecule is CCc1nnsc1C(=O)NCC1CCC(C(=O)O)O1. The minimum atomic E-state index is -0.950. The van der Waals surface area contributed by atoms with E-state index >= 15 is 0 Å². The lowest BCUT2D eigenvalue weighted by Crippen LogP contribution is -2.33. The van der Waals surface area contributed by atoms with Crippen molar-refractivity contribution in [3.63, 3.8) is 0 Å². The number of amides is 1. The summed E-state index contributed by atoms with van der Waals surface area (Å²) in [5.74, 6) is -1.18. The molecule has 1 saturated heterocycles. The molecule has 7 nitrogen and oxygen atoms in total. The molecule has 0 saturated carbocycles. The van der Waals surface area contributed by atoms with Crippen LogP contribution in [-0.4, -0.2) is 45.3 Å². The van der Waals surface area contributed by atoms with Gasteiger partial charge in [0.05, 0.1) is 11.8 Å². The third kappa shape index (κ3) is 3.27. The van der Waals surface area contributed by atoms with Crippen LogP contribution in [0.15, 0.2) is 0 Å². The van der Waals surface area contributed by atoms with Crippen LogP contribution in [0.2, 0.25) is 0 Å². The predicted octanol–water partition coefficient (Wildman–Crippen LogP) is 0.462. The minimum Gasteiger partial charge on any atom is -0.479 e. The van der Waals surface area contributed by atoms with E-state index in [0.29, 0.717) is 36.4 Å². The molecule has 19 heavy (non-hydrogen) atoms. The highest BCUT2D eigenvalue weighted by molar-refractivity contribution is 7.08. The number of carbonyl (C=O) groups excluding carboxylic acids is 1. The van der Waals surface area contributed by atoms with Crippen molar-refractivity contribution < 1.29 is 19.4 Å². The van der Waals surface area contributed by atoms with Crippen LogP contribution in [0.25, 0.3) is 0 Å². The van der Waals surface area contributed by atoms with Gasteiger partial charge in [-0.05, 0) is 30.8 Å². The van der Waals surface area contributed by atoms with Crippen molar-refractivity contribution in [2.75, 3.05) is 6.54 Å².